The van der Waals surface area contributed by atoms with E-state index in [0.717, 1.165) is 10.4 Å². The van der Waals surface area contributed by atoms with Crippen molar-refractivity contribution in [1.29, 1.82) is 0 Å². The maximum atomic E-state index is 14.2. The van der Waals surface area contributed by atoms with E-state index in [1.54, 1.807) is 22.3 Å². The van der Waals surface area contributed by atoms with Gasteiger partial charge in [0.25, 0.3) is 5.91 Å². The molecule has 1 aliphatic heterocycles. The van der Waals surface area contributed by atoms with E-state index in [1.165, 1.54) is 29.2 Å². The van der Waals surface area contributed by atoms with E-state index in [0.29, 0.717) is 24.6 Å². The summed E-state index contributed by atoms with van der Waals surface area (Å²) in [5, 5.41) is 1.95. The molecule has 0 saturated carbocycles. The van der Waals surface area contributed by atoms with Crippen LogP contribution in [0.1, 0.15) is 20.8 Å². The van der Waals surface area contributed by atoms with Crippen molar-refractivity contribution in [3.05, 3.63) is 94.5 Å². The molecule has 3 aromatic rings. The van der Waals surface area contributed by atoms with Crippen LogP contribution in [0.2, 0.25) is 0 Å². The van der Waals surface area contributed by atoms with Crippen LogP contribution in [0, 0.1) is 5.82 Å². The van der Waals surface area contributed by atoms with Crippen molar-refractivity contribution in [2.45, 2.75) is 13.1 Å². The highest BCUT2D eigenvalue weighted by atomic mass is 32.1. The van der Waals surface area contributed by atoms with Crippen molar-refractivity contribution in [2.24, 2.45) is 0 Å². The highest BCUT2D eigenvalue weighted by Gasteiger charge is 2.24. The molecule has 0 N–H and O–H groups in total. The Kier molecular flexibility index (Phi) is 7.04. The minimum atomic E-state index is -0.625. The molecule has 0 aliphatic carbocycles. The van der Waals surface area contributed by atoms with Crippen LogP contribution in [0.4, 0.5) is 4.39 Å². The average Bonchev–Trinajstić information content (AvgIpc) is 3.50. The second kappa shape index (κ2) is 10.3. The molecule has 170 valence electrons. The van der Waals surface area contributed by atoms with Crippen LogP contribution in [0.25, 0.3) is 0 Å². The van der Waals surface area contributed by atoms with Gasteiger partial charge >= 0.3 is 0 Å². The molecule has 0 atom stereocenters. The molecule has 33 heavy (non-hydrogen) atoms. The van der Waals surface area contributed by atoms with Crippen LogP contribution in [0.3, 0.4) is 0 Å². The number of hydrogen-bond acceptors (Lipinski definition) is 5. The maximum Gasteiger partial charge on any atom is 0.257 e. The zero-order chi connectivity index (χ0) is 23.2. The third-order valence-corrected chi connectivity index (χ3v) is 6.02. The van der Waals surface area contributed by atoms with Gasteiger partial charge in [0.1, 0.15) is 12.4 Å². The lowest BCUT2D eigenvalue weighted by atomic mass is 10.1. The molecule has 0 spiro atoms. The molecular formula is C25H23FN2O4S. The highest BCUT2D eigenvalue weighted by Crippen LogP contribution is 2.33. The Bertz CT molecular complexity index is 1150. The van der Waals surface area contributed by atoms with E-state index in [1.807, 2.05) is 35.7 Å². The van der Waals surface area contributed by atoms with Crippen molar-refractivity contribution < 1.29 is 23.5 Å². The summed E-state index contributed by atoms with van der Waals surface area (Å²) in [4.78, 5) is 30.3. The lowest BCUT2D eigenvalue weighted by Gasteiger charge is -2.27. The topological polar surface area (TPSA) is 59.1 Å². The van der Waals surface area contributed by atoms with E-state index < -0.39 is 11.7 Å². The fourth-order valence-electron chi connectivity index (χ4n) is 3.53. The van der Waals surface area contributed by atoms with Gasteiger partial charge in [-0.3, -0.25) is 9.59 Å². The summed E-state index contributed by atoms with van der Waals surface area (Å²) in [5.41, 5.74) is 0.799. The minimum absolute atomic E-state index is 0.0762. The van der Waals surface area contributed by atoms with Crippen LogP contribution < -0.4 is 9.47 Å². The first-order valence-corrected chi connectivity index (χ1v) is 11.3. The molecule has 0 unspecified atom stereocenters. The summed E-state index contributed by atoms with van der Waals surface area (Å²) < 4.78 is 25.0. The van der Waals surface area contributed by atoms with Crippen molar-refractivity contribution in [1.82, 2.24) is 9.80 Å². The van der Waals surface area contributed by atoms with E-state index in [9.17, 15) is 14.0 Å². The van der Waals surface area contributed by atoms with Crippen molar-refractivity contribution in [3.63, 3.8) is 0 Å². The number of rotatable bonds is 9. The molecule has 2 amide bonds. The Morgan fingerprint density at radius 1 is 1.03 bits per heavy atom. The zero-order valence-electron chi connectivity index (χ0n) is 17.9. The van der Waals surface area contributed by atoms with Crippen molar-refractivity contribution >= 4 is 23.2 Å². The van der Waals surface area contributed by atoms with Gasteiger partial charge in [0.05, 0.1) is 12.1 Å². The molecule has 1 aromatic heterocycles. The van der Waals surface area contributed by atoms with Crippen LogP contribution in [0.5, 0.6) is 11.5 Å². The highest BCUT2D eigenvalue weighted by molar-refractivity contribution is 7.09. The van der Waals surface area contributed by atoms with Crippen molar-refractivity contribution in [3.8, 4) is 11.5 Å². The SMILES string of the molecule is C=CCN(CC(=O)N(Cc1ccc2c(c1)OCO2)Cc1cccs1)C(=O)c1ccccc1F. The third-order valence-electron chi connectivity index (χ3n) is 5.16. The molecule has 2 heterocycles. The number of halogens is 1. The second-order valence-electron chi connectivity index (χ2n) is 7.47. The second-order valence-corrected chi connectivity index (χ2v) is 8.50. The normalized spacial score (nSPS) is 11.8. The molecule has 0 fully saturated rings. The number of thiophene rings is 1. The van der Waals surface area contributed by atoms with E-state index in [2.05, 4.69) is 6.58 Å². The average molecular weight is 467 g/mol. The van der Waals surface area contributed by atoms with Gasteiger partial charge in [-0.1, -0.05) is 30.3 Å². The van der Waals surface area contributed by atoms with Gasteiger partial charge in [-0.15, -0.1) is 17.9 Å². The summed E-state index contributed by atoms with van der Waals surface area (Å²) in [7, 11) is 0. The Balaban J connectivity index is 1.54. The van der Waals surface area contributed by atoms with Gasteiger partial charge in [0.2, 0.25) is 12.7 Å². The Morgan fingerprint density at radius 2 is 1.85 bits per heavy atom. The number of carbonyl (C=O) groups is 2. The number of nitrogens with zero attached hydrogens (tertiary/aromatic N) is 2. The predicted molar refractivity (Wildman–Crippen MR) is 124 cm³/mol. The number of amides is 2. The number of ether oxygens (including phenoxy) is 2. The maximum absolute atomic E-state index is 14.2. The summed E-state index contributed by atoms with van der Waals surface area (Å²) in [6.45, 7) is 4.48. The van der Waals surface area contributed by atoms with Gasteiger partial charge in [0.15, 0.2) is 11.5 Å². The van der Waals surface area contributed by atoms with Crippen LogP contribution in [0.15, 0.2) is 72.6 Å². The fraction of sp³-hybridized carbons (Fsp3) is 0.200. The van der Waals surface area contributed by atoms with E-state index in [-0.39, 0.29) is 31.4 Å². The Labute approximate surface area is 195 Å². The molecule has 8 heteroatoms. The van der Waals surface area contributed by atoms with Gasteiger partial charge in [-0.05, 0) is 41.3 Å². The Hall–Kier alpha value is -3.65. The fourth-order valence-corrected chi connectivity index (χ4v) is 4.25. The third kappa shape index (κ3) is 5.40. The molecule has 0 bridgehead atoms. The summed E-state index contributed by atoms with van der Waals surface area (Å²) >= 11 is 1.55. The van der Waals surface area contributed by atoms with Crippen molar-refractivity contribution in [2.75, 3.05) is 19.9 Å². The number of fused-ring (bicyclic) bond motifs is 1. The summed E-state index contributed by atoms with van der Waals surface area (Å²) in [6, 6.07) is 15.2. The molecule has 0 radical (unpaired) electrons. The van der Waals surface area contributed by atoms with E-state index >= 15 is 0 Å². The van der Waals surface area contributed by atoms with E-state index in [4.69, 9.17) is 9.47 Å². The summed E-state index contributed by atoms with van der Waals surface area (Å²) in [5.74, 6) is -0.130. The first-order chi connectivity index (χ1) is 16.0. The number of hydrogen-bond donors (Lipinski definition) is 0. The van der Waals surface area contributed by atoms with Crippen LogP contribution in [-0.4, -0.2) is 41.5 Å². The molecular weight excluding hydrogens is 443 g/mol. The van der Waals surface area contributed by atoms with Gasteiger partial charge < -0.3 is 19.3 Å². The first kappa shape index (κ1) is 22.5. The molecule has 1 aliphatic rings. The van der Waals surface area contributed by atoms with Crippen LogP contribution in [-0.2, 0) is 17.9 Å². The molecule has 0 saturated heterocycles. The lowest BCUT2D eigenvalue weighted by molar-refractivity contribution is -0.133. The zero-order valence-corrected chi connectivity index (χ0v) is 18.7. The van der Waals surface area contributed by atoms with Gasteiger partial charge in [-0.2, -0.15) is 0 Å². The predicted octanol–water partition coefficient (Wildman–Crippen LogP) is 4.47. The van der Waals surface area contributed by atoms with Gasteiger partial charge in [0, 0.05) is 18.0 Å². The quantitative estimate of drug-likeness (QED) is 0.437. The summed E-state index contributed by atoms with van der Waals surface area (Å²) in [6.07, 6.45) is 1.52. The first-order valence-electron chi connectivity index (χ1n) is 10.4. The number of benzene rings is 2. The van der Waals surface area contributed by atoms with Gasteiger partial charge in [-0.25, -0.2) is 4.39 Å². The minimum Gasteiger partial charge on any atom is -0.454 e. The monoisotopic (exact) mass is 466 g/mol. The molecule has 2 aromatic carbocycles. The smallest absolute Gasteiger partial charge is 0.257 e. The standard InChI is InChI=1S/C25H23FN2O4S/c1-2-11-27(25(30)20-7-3-4-8-21(20)26)16-24(29)28(15-19-6-5-12-33-19)14-18-9-10-22-23(13-18)32-17-31-22/h2-10,12-13H,1,11,14-17H2. The molecule has 4 rings (SSSR count). The van der Waals surface area contributed by atoms with Crippen LogP contribution >= 0.6 is 11.3 Å². The number of carbonyl (C=O) groups excluding carboxylic acids is 2. The lowest BCUT2D eigenvalue weighted by Crippen LogP contribution is -2.42. The largest absolute Gasteiger partial charge is 0.454 e. The Morgan fingerprint density at radius 3 is 2.61 bits per heavy atom. The molecule has 6 nitrogen and oxygen atoms in total.